The maximum atomic E-state index is 10.7. The Morgan fingerprint density at radius 3 is 2.71 bits per heavy atom. The lowest BCUT2D eigenvalue weighted by atomic mass is 10.1. The predicted molar refractivity (Wildman–Crippen MR) is 83.7 cm³/mol. The number of benzene rings is 2. The molecule has 2 rings (SSSR count). The molecule has 0 radical (unpaired) electrons. The third kappa shape index (κ3) is 4.61. The molecule has 1 N–H and O–H groups in total. The van der Waals surface area contributed by atoms with Crippen molar-refractivity contribution in [3.63, 3.8) is 0 Å². The Morgan fingerprint density at radius 1 is 1.24 bits per heavy atom. The Balaban J connectivity index is 1.91. The molecule has 0 fully saturated rings. The van der Waals surface area contributed by atoms with Gasteiger partial charge in [-0.25, -0.2) is 0 Å². The minimum atomic E-state index is -0.845. The van der Waals surface area contributed by atoms with Crippen molar-refractivity contribution in [2.24, 2.45) is 0 Å². The summed E-state index contributed by atoms with van der Waals surface area (Å²) in [7, 11) is 0. The molecule has 0 saturated carbocycles. The fourth-order valence-corrected chi connectivity index (χ4v) is 2.16. The summed E-state index contributed by atoms with van der Waals surface area (Å²) in [5.74, 6) is -0.0508. The van der Waals surface area contributed by atoms with E-state index in [0.29, 0.717) is 19.7 Å². The van der Waals surface area contributed by atoms with Gasteiger partial charge in [0.1, 0.15) is 12.4 Å². The van der Waals surface area contributed by atoms with Gasteiger partial charge in [0, 0.05) is 13.1 Å². The highest BCUT2D eigenvalue weighted by Gasteiger charge is 2.08. The third-order valence-corrected chi connectivity index (χ3v) is 3.14. The fraction of sp³-hybridized carbons (Fsp3) is 0.235. The lowest BCUT2D eigenvalue weighted by Crippen LogP contribution is -2.33. The number of carbonyl (C=O) groups is 1. The molecule has 0 heterocycles. The van der Waals surface area contributed by atoms with Crippen LogP contribution in [0.15, 0.2) is 55.1 Å². The Morgan fingerprint density at radius 2 is 2.00 bits per heavy atom. The molecule has 0 atom stereocenters. The fourth-order valence-electron chi connectivity index (χ4n) is 2.16. The number of hydrogen-bond acceptors (Lipinski definition) is 3. The van der Waals surface area contributed by atoms with Gasteiger partial charge in [-0.15, -0.1) is 6.58 Å². The predicted octanol–water partition coefficient (Wildman–Crippen LogP) is 2.79. The molecule has 4 heteroatoms. The van der Waals surface area contributed by atoms with Gasteiger partial charge in [-0.1, -0.05) is 36.4 Å². The number of carboxylic acid groups (broad SMARTS) is 1. The van der Waals surface area contributed by atoms with Crippen LogP contribution in [-0.2, 0) is 4.79 Å². The maximum Gasteiger partial charge on any atom is 0.317 e. The van der Waals surface area contributed by atoms with Crippen LogP contribution in [0.25, 0.3) is 10.8 Å². The molecule has 21 heavy (non-hydrogen) atoms. The average Bonchev–Trinajstić information content (AvgIpc) is 2.47. The summed E-state index contributed by atoms with van der Waals surface area (Å²) in [6, 6.07) is 14.0. The van der Waals surface area contributed by atoms with Gasteiger partial charge in [0.25, 0.3) is 0 Å². The number of rotatable bonds is 8. The summed E-state index contributed by atoms with van der Waals surface area (Å²) in [5, 5.41) is 11.1. The number of carboxylic acids is 1. The smallest absolute Gasteiger partial charge is 0.317 e. The van der Waals surface area contributed by atoms with Crippen molar-refractivity contribution >= 4 is 16.7 Å². The molecule has 4 nitrogen and oxygen atoms in total. The van der Waals surface area contributed by atoms with Crippen LogP contribution in [0.3, 0.4) is 0 Å². The zero-order valence-corrected chi connectivity index (χ0v) is 11.9. The van der Waals surface area contributed by atoms with Crippen molar-refractivity contribution in [2.75, 3.05) is 26.2 Å². The van der Waals surface area contributed by atoms with Crippen molar-refractivity contribution in [1.82, 2.24) is 4.90 Å². The summed E-state index contributed by atoms with van der Waals surface area (Å²) in [6.07, 6.45) is 1.69. The number of fused-ring (bicyclic) bond motifs is 1. The van der Waals surface area contributed by atoms with Crippen molar-refractivity contribution in [2.45, 2.75) is 0 Å². The van der Waals surface area contributed by atoms with E-state index in [1.807, 2.05) is 36.4 Å². The normalized spacial score (nSPS) is 10.7. The quantitative estimate of drug-likeness (QED) is 0.758. The monoisotopic (exact) mass is 285 g/mol. The minimum absolute atomic E-state index is 0.00684. The van der Waals surface area contributed by atoms with Crippen LogP contribution >= 0.6 is 0 Å². The lowest BCUT2D eigenvalue weighted by Gasteiger charge is -2.18. The van der Waals surface area contributed by atoms with E-state index in [-0.39, 0.29) is 6.54 Å². The van der Waals surface area contributed by atoms with E-state index in [9.17, 15) is 4.79 Å². The molecule has 0 aliphatic heterocycles. The van der Waals surface area contributed by atoms with Crippen molar-refractivity contribution in [3.8, 4) is 5.75 Å². The first-order valence-electron chi connectivity index (χ1n) is 6.85. The first-order valence-corrected chi connectivity index (χ1v) is 6.85. The van der Waals surface area contributed by atoms with E-state index in [2.05, 4.69) is 12.6 Å². The molecule has 0 amide bonds. The largest absolute Gasteiger partial charge is 0.492 e. The highest BCUT2D eigenvalue weighted by Crippen LogP contribution is 2.20. The summed E-state index contributed by atoms with van der Waals surface area (Å²) in [6.45, 7) is 5.15. The highest BCUT2D eigenvalue weighted by atomic mass is 16.5. The number of aliphatic carboxylic acids is 1. The minimum Gasteiger partial charge on any atom is -0.492 e. The zero-order valence-electron chi connectivity index (χ0n) is 11.9. The molecule has 2 aromatic rings. The first-order chi connectivity index (χ1) is 10.2. The summed E-state index contributed by atoms with van der Waals surface area (Å²) >= 11 is 0. The van der Waals surface area contributed by atoms with Crippen LogP contribution in [-0.4, -0.2) is 42.2 Å². The Bertz CT molecular complexity index is 624. The first kappa shape index (κ1) is 15.1. The SMILES string of the molecule is C=CCN(CCOc1ccc2ccccc2c1)CC(=O)O. The zero-order chi connectivity index (χ0) is 15.1. The molecule has 2 aromatic carbocycles. The van der Waals surface area contributed by atoms with E-state index in [1.54, 1.807) is 11.0 Å². The Labute approximate surface area is 124 Å². The molecule has 0 aliphatic rings. The Hall–Kier alpha value is -2.33. The summed E-state index contributed by atoms with van der Waals surface area (Å²) in [5.41, 5.74) is 0. The van der Waals surface area contributed by atoms with Gasteiger partial charge in [0.15, 0.2) is 0 Å². The van der Waals surface area contributed by atoms with Gasteiger partial charge in [0.2, 0.25) is 0 Å². The topological polar surface area (TPSA) is 49.8 Å². The van der Waals surface area contributed by atoms with Gasteiger partial charge in [0.05, 0.1) is 6.54 Å². The number of hydrogen-bond donors (Lipinski definition) is 1. The summed E-state index contributed by atoms with van der Waals surface area (Å²) in [4.78, 5) is 12.5. The van der Waals surface area contributed by atoms with Crippen LogP contribution < -0.4 is 4.74 Å². The molecule has 0 saturated heterocycles. The van der Waals surface area contributed by atoms with Crippen molar-refractivity contribution in [3.05, 3.63) is 55.1 Å². The van der Waals surface area contributed by atoms with E-state index in [4.69, 9.17) is 9.84 Å². The molecule has 0 spiro atoms. The molecule has 0 bridgehead atoms. The van der Waals surface area contributed by atoms with Gasteiger partial charge >= 0.3 is 5.97 Å². The van der Waals surface area contributed by atoms with Gasteiger partial charge in [-0.05, 0) is 22.9 Å². The van der Waals surface area contributed by atoms with E-state index in [0.717, 1.165) is 11.1 Å². The van der Waals surface area contributed by atoms with Crippen LogP contribution in [0.1, 0.15) is 0 Å². The average molecular weight is 285 g/mol. The molecular formula is C17H19NO3. The number of nitrogens with zero attached hydrogens (tertiary/aromatic N) is 1. The number of ether oxygens (including phenoxy) is 1. The van der Waals surface area contributed by atoms with Gasteiger partial charge in [-0.2, -0.15) is 0 Å². The van der Waals surface area contributed by atoms with Crippen molar-refractivity contribution < 1.29 is 14.6 Å². The maximum absolute atomic E-state index is 10.7. The van der Waals surface area contributed by atoms with Gasteiger partial charge < -0.3 is 9.84 Å². The van der Waals surface area contributed by atoms with Crippen molar-refractivity contribution in [1.29, 1.82) is 0 Å². The van der Waals surface area contributed by atoms with Crippen LogP contribution in [0.5, 0.6) is 5.75 Å². The Kier molecular flexibility index (Phi) is 5.35. The second-order valence-electron chi connectivity index (χ2n) is 4.77. The van der Waals surface area contributed by atoms with E-state index < -0.39 is 5.97 Å². The lowest BCUT2D eigenvalue weighted by molar-refractivity contribution is -0.138. The van der Waals surface area contributed by atoms with E-state index in [1.165, 1.54) is 5.39 Å². The molecule has 110 valence electrons. The summed E-state index contributed by atoms with van der Waals surface area (Å²) < 4.78 is 5.70. The second-order valence-corrected chi connectivity index (χ2v) is 4.77. The molecule has 0 aromatic heterocycles. The third-order valence-electron chi connectivity index (χ3n) is 3.14. The van der Waals surface area contributed by atoms with Crippen LogP contribution in [0, 0.1) is 0 Å². The van der Waals surface area contributed by atoms with E-state index >= 15 is 0 Å². The van der Waals surface area contributed by atoms with Gasteiger partial charge in [-0.3, -0.25) is 9.69 Å². The highest BCUT2D eigenvalue weighted by molar-refractivity contribution is 5.83. The van der Waals surface area contributed by atoms with Crippen LogP contribution in [0.4, 0.5) is 0 Å². The molecule has 0 aliphatic carbocycles. The molecular weight excluding hydrogens is 266 g/mol. The standard InChI is InChI=1S/C17H19NO3/c1-2-9-18(13-17(19)20)10-11-21-16-8-7-14-5-3-4-6-15(14)12-16/h2-8,12H,1,9-11,13H2,(H,19,20). The molecule has 0 unspecified atom stereocenters. The van der Waals surface area contributed by atoms with Crippen LogP contribution in [0.2, 0.25) is 0 Å². The second kappa shape index (κ2) is 7.45.